The maximum absolute atomic E-state index is 13.6. The van der Waals surface area contributed by atoms with Crippen LogP contribution in [0.4, 0.5) is 20.6 Å². The van der Waals surface area contributed by atoms with E-state index in [-0.39, 0.29) is 11.3 Å². The summed E-state index contributed by atoms with van der Waals surface area (Å²) in [6.07, 6.45) is 1.36. The average Bonchev–Trinajstić information content (AvgIpc) is 2.77. The van der Waals surface area contributed by atoms with Gasteiger partial charge in [-0.1, -0.05) is 6.07 Å². The number of nitrogens with zero attached hydrogens (tertiary/aromatic N) is 2. The fourth-order valence-electron chi connectivity index (χ4n) is 3.50. The number of imide groups is 2. The van der Waals surface area contributed by atoms with Crippen LogP contribution in [0.1, 0.15) is 5.56 Å². The fourth-order valence-corrected chi connectivity index (χ4v) is 3.50. The van der Waals surface area contributed by atoms with Crippen molar-refractivity contribution in [1.29, 1.82) is 0 Å². The lowest BCUT2D eigenvalue weighted by atomic mass is 10.0. The van der Waals surface area contributed by atoms with Crippen molar-refractivity contribution < 1.29 is 28.2 Å². The first-order valence-corrected chi connectivity index (χ1v) is 9.65. The number of benzene rings is 2. The molecule has 8 nitrogen and oxygen atoms in total. The summed E-state index contributed by atoms with van der Waals surface area (Å²) < 4.78 is 24.4. The smallest absolute Gasteiger partial charge is 0.335 e. The molecule has 2 aliphatic heterocycles. The number of barbiturate groups is 1. The van der Waals surface area contributed by atoms with Crippen molar-refractivity contribution in [2.24, 2.45) is 0 Å². The molecule has 0 aromatic heterocycles. The molecule has 4 amide bonds. The summed E-state index contributed by atoms with van der Waals surface area (Å²) in [6, 6.07) is 9.50. The number of anilines is 2. The number of amides is 4. The molecular formula is C22H20FN3O5. The maximum Gasteiger partial charge on any atom is 0.335 e. The number of morpholine rings is 1. The average molecular weight is 425 g/mol. The van der Waals surface area contributed by atoms with Gasteiger partial charge in [-0.3, -0.25) is 14.9 Å². The van der Waals surface area contributed by atoms with Gasteiger partial charge >= 0.3 is 6.03 Å². The highest BCUT2D eigenvalue weighted by Gasteiger charge is 2.37. The zero-order valence-corrected chi connectivity index (χ0v) is 16.8. The van der Waals surface area contributed by atoms with Crippen molar-refractivity contribution in [1.82, 2.24) is 5.32 Å². The third-order valence-corrected chi connectivity index (χ3v) is 5.06. The maximum atomic E-state index is 13.6. The Morgan fingerprint density at radius 2 is 1.84 bits per heavy atom. The van der Waals surface area contributed by atoms with Gasteiger partial charge in [-0.15, -0.1) is 0 Å². The van der Waals surface area contributed by atoms with E-state index in [2.05, 4.69) is 10.2 Å². The van der Waals surface area contributed by atoms with Gasteiger partial charge in [0.25, 0.3) is 11.8 Å². The molecule has 2 fully saturated rings. The molecule has 2 aromatic carbocycles. The SMILES string of the molecule is COc1cc(N2CCOCC2)ccc1/C=C1\C(=O)NC(=O)N(c2cccc(F)c2)C1=O. The number of ether oxygens (including phenoxy) is 2. The molecule has 9 heteroatoms. The van der Waals surface area contributed by atoms with Gasteiger partial charge in [0.05, 0.1) is 26.0 Å². The van der Waals surface area contributed by atoms with Crippen molar-refractivity contribution in [3.05, 3.63) is 59.4 Å². The second-order valence-corrected chi connectivity index (χ2v) is 6.96. The van der Waals surface area contributed by atoms with Crippen LogP contribution in [0.15, 0.2) is 48.0 Å². The number of halogens is 1. The molecule has 4 rings (SSSR count). The number of nitrogens with one attached hydrogen (secondary N) is 1. The van der Waals surface area contributed by atoms with Crippen molar-refractivity contribution in [2.75, 3.05) is 43.2 Å². The van der Waals surface area contributed by atoms with Crippen LogP contribution in [0.25, 0.3) is 6.08 Å². The molecule has 0 radical (unpaired) electrons. The summed E-state index contributed by atoms with van der Waals surface area (Å²) in [6.45, 7) is 2.75. The first-order chi connectivity index (χ1) is 15.0. The van der Waals surface area contributed by atoms with Gasteiger partial charge in [-0.25, -0.2) is 14.1 Å². The summed E-state index contributed by atoms with van der Waals surface area (Å²) >= 11 is 0. The summed E-state index contributed by atoms with van der Waals surface area (Å²) in [7, 11) is 1.49. The van der Waals surface area contributed by atoms with Crippen LogP contribution in [-0.2, 0) is 14.3 Å². The summed E-state index contributed by atoms with van der Waals surface area (Å²) in [5.74, 6) is -1.83. The predicted molar refractivity (Wildman–Crippen MR) is 111 cm³/mol. The van der Waals surface area contributed by atoms with E-state index in [0.29, 0.717) is 24.5 Å². The second-order valence-electron chi connectivity index (χ2n) is 6.96. The molecule has 0 aliphatic carbocycles. The van der Waals surface area contributed by atoms with Gasteiger partial charge in [-0.05, 0) is 36.4 Å². The van der Waals surface area contributed by atoms with E-state index in [1.807, 2.05) is 12.1 Å². The van der Waals surface area contributed by atoms with Gasteiger partial charge < -0.3 is 14.4 Å². The Hall–Kier alpha value is -3.72. The number of hydrogen-bond acceptors (Lipinski definition) is 6. The van der Waals surface area contributed by atoms with E-state index in [4.69, 9.17) is 9.47 Å². The number of carbonyl (C=O) groups is 3. The van der Waals surface area contributed by atoms with Crippen molar-refractivity contribution in [3.63, 3.8) is 0 Å². The molecule has 2 aromatic rings. The number of urea groups is 1. The number of hydrogen-bond donors (Lipinski definition) is 1. The minimum Gasteiger partial charge on any atom is -0.496 e. The van der Waals surface area contributed by atoms with E-state index in [1.165, 1.54) is 31.4 Å². The number of methoxy groups -OCH3 is 1. The van der Waals surface area contributed by atoms with Crippen LogP contribution in [0.5, 0.6) is 5.75 Å². The Labute approximate surface area is 177 Å². The molecule has 0 saturated carbocycles. The summed E-state index contributed by atoms with van der Waals surface area (Å²) in [5, 5.41) is 2.12. The quantitative estimate of drug-likeness (QED) is 0.598. The highest BCUT2D eigenvalue weighted by atomic mass is 19.1. The number of carbonyl (C=O) groups excluding carboxylic acids is 3. The Balaban J connectivity index is 1.68. The highest BCUT2D eigenvalue weighted by molar-refractivity contribution is 6.39. The molecule has 0 spiro atoms. The van der Waals surface area contributed by atoms with Crippen LogP contribution in [0, 0.1) is 5.82 Å². The molecule has 2 heterocycles. The van der Waals surface area contributed by atoms with Gasteiger partial charge in [-0.2, -0.15) is 0 Å². The summed E-state index contributed by atoms with van der Waals surface area (Å²) in [4.78, 5) is 40.5. The van der Waals surface area contributed by atoms with E-state index in [9.17, 15) is 18.8 Å². The van der Waals surface area contributed by atoms with E-state index < -0.39 is 23.7 Å². The molecule has 2 saturated heterocycles. The summed E-state index contributed by atoms with van der Waals surface area (Å²) in [5.41, 5.74) is 1.18. The minimum atomic E-state index is -0.938. The van der Waals surface area contributed by atoms with Crippen LogP contribution in [0.3, 0.4) is 0 Å². The largest absolute Gasteiger partial charge is 0.496 e. The topological polar surface area (TPSA) is 88.2 Å². The zero-order chi connectivity index (χ0) is 22.0. The molecule has 1 N–H and O–H groups in total. The molecule has 31 heavy (non-hydrogen) atoms. The monoisotopic (exact) mass is 425 g/mol. The molecule has 0 unspecified atom stereocenters. The highest BCUT2D eigenvalue weighted by Crippen LogP contribution is 2.29. The molecule has 0 bridgehead atoms. The standard InChI is InChI=1S/C22H20FN3O5/c1-30-19-13-16(25-7-9-31-10-8-25)6-5-14(19)11-18-20(27)24-22(29)26(21(18)28)17-4-2-3-15(23)12-17/h2-6,11-13H,7-10H2,1H3,(H,24,27,29)/b18-11+. The van der Waals surface area contributed by atoms with Crippen LogP contribution in [0.2, 0.25) is 0 Å². The van der Waals surface area contributed by atoms with Crippen molar-refractivity contribution >= 4 is 35.3 Å². The number of rotatable bonds is 4. The van der Waals surface area contributed by atoms with E-state index in [1.54, 1.807) is 6.07 Å². The lowest BCUT2D eigenvalue weighted by Gasteiger charge is -2.29. The van der Waals surface area contributed by atoms with Gasteiger partial charge in [0.1, 0.15) is 17.1 Å². The van der Waals surface area contributed by atoms with Crippen LogP contribution >= 0.6 is 0 Å². The van der Waals surface area contributed by atoms with Gasteiger partial charge in [0, 0.05) is 30.4 Å². The predicted octanol–water partition coefficient (Wildman–Crippen LogP) is 2.34. The van der Waals surface area contributed by atoms with Crippen LogP contribution < -0.4 is 19.9 Å². The Bertz CT molecular complexity index is 1080. The Morgan fingerprint density at radius 1 is 1.06 bits per heavy atom. The van der Waals surface area contributed by atoms with Crippen LogP contribution in [-0.4, -0.2) is 51.3 Å². The van der Waals surface area contributed by atoms with Gasteiger partial charge in [0.15, 0.2) is 0 Å². The lowest BCUT2D eigenvalue weighted by Crippen LogP contribution is -2.54. The zero-order valence-electron chi connectivity index (χ0n) is 16.8. The molecule has 0 atom stereocenters. The normalized spacial score (nSPS) is 18.4. The fraction of sp³-hybridized carbons (Fsp3) is 0.227. The van der Waals surface area contributed by atoms with E-state index in [0.717, 1.165) is 29.7 Å². The lowest BCUT2D eigenvalue weighted by molar-refractivity contribution is -0.122. The second kappa shape index (κ2) is 8.57. The first kappa shape index (κ1) is 20.5. The third-order valence-electron chi connectivity index (χ3n) is 5.06. The Kier molecular flexibility index (Phi) is 5.68. The van der Waals surface area contributed by atoms with Crippen molar-refractivity contribution in [3.8, 4) is 5.75 Å². The van der Waals surface area contributed by atoms with E-state index >= 15 is 0 Å². The molecular weight excluding hydrogens is 405 g/mol. The third kappa shape index (κ3) is 4.13. The first-order valence-electron chi connectivity index (χ1n) is 9.65. The van der Waals surface area contributed by atoms with Gasteiger partial charge in [0.2, 0.25) is 0 Å². The molecule has 160 valence electrons. The Morgan fingerprint density at radius 3 is 2.55 bits per heavy atom. The minimum absolute atomic E-state index is 0.0236. The molecule has 2 aliphatic rings. The van der Waals surface area contributed by atoms with Crippen molar-refractivity contribution in [2.45, 2.75) is 0 Å².